The van der Waals surface area contributed by atoms with Gasteiger partial charge < -0.3 is 4.57 Å². The molecule has 0 bridgehead atoms. The van der Waals surface area contributed by atoms with Crippen LogP contribution in [0.15, 0.2) is 30.2 Å². The van der Waals surface area contributed by atoms with Crippen molar-refractivity contribution in [3.05, 3.63) is 35.9 Å². The first kappa shape index (κ1) is 9.45. The van der Waals surface area contributed by atoms with Gasteiger partial charge in [-0.05, 0) is 24.6 Å². The van der Waals surface area contributed by atoms with E-state index in [1.165, 1.54) is 6.08 Å². The van der Waals surface area contributed by atoms with E-state index in [4.69, 9.17) is 0 Å². The predicted molar refractivity (Wildman–Crippen MR) is 52.1 cm³/mol. The third-order valence-electron chi connectivity index (χ3n) is 1.57. The Hall–Kier alpha value is -1.64. The summed E-state index contributed by atoms with van der Waals surface area (Å²) in [5.41, 5.74) is 1.81. The maximum absolute atomic E-state index is 10.1. The van der Waals surface area contributed by atoms with E-state index < -0.39 is 0 Å². The molecule has 0 aliphatic rings. The van der Waals surface area contributed by atoms with E-state index in [-0.39, 0.29) is 0 Å². The van der Waals surface area contributed by atoms with Gasteiger partial charge in [0.2, 0.25) is 0 Å². The smallest absolute Gasteiger partial charge is 0.143 e. The Bertz CT molecular complexity index is 348. The molecule has 0 amide bonds. The number of imidazole rings is 1. The van der Waals surface area contributed by atoms with Gasteiger partial charge in [-0.3, -0.25) is 4.79 Å². The van der Waals surface area contributed by atoms with Gasteiger partial charge in [0.1, 0.15) is 6.29 Å². The van der Waals surface area contributed by atoms with E-state index in [2.05, 4.69) is 4.98 Å². The minimum absolute atomic E-state index is 0.776. The maximum Gasteiger partial charge on any atom is 0.143 e. The van der Waals surface area contributed by atoms with Crippen molar-refractivity contribution in [1.29, 1.82) is 0 Å². The standard InChI is InChI=1S/C10H12N2O/c1-9(5-6-13)3-4-10-7-12(2)8-11-10/h3-8H,1-2H3/b4-3+,9-5+. The molecule has 1 aromatic heterocycles. The highest BCUT2D eigenvalue weighted by Crippen LogP contribution is 2.01. The largest absolute Gasteiger partial charge is 0.340 e. The summed E-state index contributed by atoms with van der Waals surface area (Å²) >= 11 is 0. The second-order valence-electron chi connectivity index (χ2n) is 2.84. The fraction of sp³-hybridized carbons (Fsp3) is 0.200. The molecule has 0 atom stereocenters. The molecule has 13 heavy (non-hydrogen) atoms. The van der Waals surface area contributed by atoms with Crippen LogP contribution in [0.4, 0.5) is 0 Å². The number of hydrogen-bond acceptors (Lipinski definition) is 2. The average molecular weight is 176 g/mol. The van der Waals surface area contributed by atoms with Crippen LogP contribution in [0.1, 0.15) is 12.6 Å². The second-order valence-corrected chi connectivity index (χ2v) is 2.84. The summed E-state index contributed by atoms with van der Waals surface area (Å²) in [6.45, 7) is 1.87. The Morgan fingerprint density at radius 1 is 1.62 bits per heavy atom. The highest BCUT2D eigenvalue weighted by molar-refractivity contribution is 5.68. The molecule has 0 unspecified atom stereocenters. The zero-order valence-corrected chi connectivity index (χ0v) is 7.77. The van der Waals surface area contributed by atoms with Gasteiger partial charge in [-0.2, -0.15) is 0 Å². The zero-order valence-electron chi connectivity index (χ0n) is 7.77. The first-order chi connectivity index (χ1) is 6.22. The van der Waals surface area contributed by atoms with Gasteiger partial charge >= 0.3 is 0 Å². The second kappa shape index (κ2) is 4.40. The lowest BCUT2D eigenvalue weighted by Crippen LogP contribution is -1.77. The number of allylic oxidation sites excluding steroid dienone is 3. The molecule has 0 spiro atoms. The molecule has 3 heteroatoms. The minimum atomic E-state index is 0.776. The van der Waals surface area contributed by atoms with Gasteiger partial charge in [0.15, 0.2) is 0 Å². The Morgan fingerprint density at radius 2 is 2.38 bits per heavy atom. The number of carbonyl (C=O) groups is 1. The van der Waals surface area contributed by atoms with Gasteiger partial charge in [0, 0.05) is 13.2 Å². The molecule has 0 saturated carbocycles. The Labute approximate surface area is 77.4 Å². The quantitative estimate of drug-likeness (QED) is 0.398. The number of aldehydes is 1. The van der Waals surface area contributed by atoms with Crippen molar-refractivity contribution in [3.8, 4) is 0 Å². The topological polar surface area (TPSA) is 34.9 Å². The van der Waals surface area contributed by atoms with Gasteiger partial charge in [0.05, 0.1) is 12.0 Å². The van der Waals surface area contributed by atoms with E-state index in [0.717, 1.165) is 17.6 Å². The third-order valence-corrected chi connectivity index (χ3v) is 1.57. The lowest BCUT2D eigenvalue weighted by molar-refractivity contribution is -0.104. The normalized spacial score (nSPS) is 12.3. The van der Waals surface area contributed by atoms with E-state index in [0.29, 0.717) is 0 Å². The fourth-order valence-electron chi connectivity index (χ4n) is 0.899. The monoisotopic (exact) mass is 176 g/mol. The van der Waals surface area contributed by atoms with Crippen molar-refractivity contribution in [1.82, 2.24) is 9.55 Å². The van der Waals surface area contributed by atoms with E-state index >= 15 is 0 Å². The van der Waals surface area contributed by atoms with Crippen molar-refractivity contribution in [2.24, 2.45) is 7.05 Å². The van der Waals surface area contributed by atoms with Gasteiger partial charge in [-0.15, -0.1) is 0 Å². The van der Waals surface area contributed by atoms with E-state index in [9.17, 15) is 4.79 Å². The Morgan fingerprint density at radius 3 is 2.92 bits per heavy atom. The fourth-order valence-corrected chi connectivity index (χ4v) is 0.899. The summed E-state index contributed by atoms with van der Waals surface area (Å²) < 4.78 is 1.87. The molecule has 0 aliphatic carbocycles. The summed E-state index contributed by atoms with van der Waals surface area (Å²) in [5, 5.41) is 0. The average Bonchev–Trinajstić information content (AvgIpc) is 2.49. The van der Waals surface area contributed by atoms with Crippen molar-refractivity contribution in [3.63, 3.8) is 0 Å². The number of rotatable bonds is 3. The van der Waals surface area contributed by atoms with Crippen molar-refractivity contribution in [2.45, 2.75) is 6.92 Å². The SMILES string of the molecule is CC(/C=C/c1cn(C)cn1)=C\C=O. The Kier molecular flexibility index (Phi) is 3.20. The van der Waals surface area contributed by atoms with E-state index in [1.54, 1.807) is 6.33 Å². The Balaban J connectivity index is 2.68. The number of nitrogens with zero attached hydrogens (tertiary/aromatic N) is 2. The van der Waals surface area contributed by atoms with Crippen LogP contribution in [0.25, 0.3) is 6.08 Å². The molecule has 0 aromatic carbocycles. The van der Waals surface area contributed by atoms with Crippen LogP contribution >= 0.6 is 0 Å². The van der Waals surface area contributed by atoms with Crippen molar-refractivity contribution >= 4 is 12.4 Å². The molecule has 1 heterocycles. The van der Waals surface area contributed by atoms with Crippen molar-refractivity contribution < 1.29 is 4.79 Å². The summed E-state index contributed by atoms with van der Waals surface area (Å²) in [4.78, 5) is 14.2. The van der Waals surface area contributed by atoms with Crippen LogP contribution in [0, 0.1) is 0 Å². The van der Waals surface area contributed by atoms with Crippen LogP contribution < -0.4 is 0 Å². The summed E-state index contributed by atoms with van der Waals surface area (Å²) in [5.74, 6) is 0. The van der Waals surface area contributed by atoms with Crippen molar-refractivity contribution in [2.75, 3.05) is 0 Å². The molecule has 0 radical (unpaired) electrons. The van der Waals surface area contributed by atoms with E-state index in [1.807, 2.05) is 36.9 Å². The minimum Gasteiger partial charge on any atom is -0.340 e. The summed E-state index contributed by atoms with van der Waals surface area (Å²) in [6.07, 6.45) is 9.66. The molecular weight excluding hydrogens is 164 g/mol. The van der Waals surface area contributed by atoms with Gasteiger partial charge in [-0.1, -0.05) is 6.08 Å². The summed E-state index contributed by atoms with van der Waals surface area (Å²) in [6, 6.07) is 0. The lowest BCUT2D eigenvalue weighted by atomic mass is 10.2. The zero-order chi connectivity index (χ0) is 9.68. The molecule has 0 aliphatic heterocycles. The predicted octanol–water partition coefficient (Wildman–Crippen LogP) is 1.58. The molecule has 3 nitrogen and oxygen atoms in total. The van der Waals surface area contributed by atoms with Gasteiger partial charge in [0.25, 0.3) is 0 Å². The summed E-state index contributed by atoms with van der Waals surface area (Å²) in [7, 11) is 1.92. The molecule has 1 aromatic rings. The first-order valence-corrected chi connectivity index (χ1v) is 4.00. The number of aromatic nitrogens is 2. The molecule has 68 valence electrons. The lowest BCUT2D eigenvalue weighted by Gasteiger charge is -1.86. The highest BCUT2D eigenvalue weighted by Gasteiger charge is 1.89. The van der Waals surface area contributed by atoms with Crippen LogP contribution in [0.5, 0.6) is 0 Å². The molecule has 0 fully saturated rings. The first-order valence-electron chi connectivity index (χ1n) is 4.00. The number of aryl methyl sites for hydroxylation is 1. The number of hydrogen-bond donors (Lipinski definition) is 0. The molecule has 0 saturated heterocycles. The van der Waals surface area contributed by atoms with Crippen LogP contribution in [-0.4, -0.2) is 15.8 Å². The molecule has 1 rings (SSSR count). The number of carbonyl (C=O) groups excluding carboxylic acids is 1. The highest BCUT2D eigenvalue weighted by atomic mass is 16.1. The maximum atomic E-state index is 10.1. The van der Waals surface area contributed by atoms with Crippen LogP contribution in [0.2, 0.25) is 0 Å². The van der Waals surface area contributed by atoms with Crippen LogP contribution in [-0.2, 0) is 11.8 Å². The van der Waals surface area contributed by atoms with Crippen LogP contribution in [0.3, 0.4) is 0 Å². The molecule has 0 N–H and O–H groups in total. The van der Waals surface area contributed by atoms with Gasteiger partial charge in [-0.25, -0.2) is 4.98 Å². The third kappa shape index (κ3) is 3.07. The molecular formula is C10H12N2O.